The number of anilines is 1. The van der Waals surface area contributed by atoms with E-state index in [1.807, 2.05) is 6.92 Å². The summed E-state index contributed by atoms with van der Waals surface area (Å²) in [4.78, 5) is 11.1. The second-order valence-corrected chi connectivity index (χ2v) is 2.48. The first kappa shape index (κ1) is 9.44. The molecule has 0 saturated heterocycles. The van der Waals surface area contributed by atoms with Crippen LogP contribution in [0.3, 0.4) is 0 Å². The Morgan fingerprint density at radius 2 is 2.31 bits per heavy atom. The van der Waals surface area contributed by atoms with Crippen molar-refractivity contribution in [1.29, 1.82) is 0 Å². The number of carbonyl (C=O) groups is 1. The number of hydrogen-bond donors (Lipinski definition) is 1. The Balaban J connectivity index is 2.61. The minimum Gasteiger partial charge on any atom is -0.461 e. The van der Waals surface area contributed by atoms with Crippen LogP contribution in [-0.2, 0) is 4.74 Å². The third-order valence-corrected chi connectivity index (χ3v) is 1.33. The number of nitrogens with zero attached hydrogens (tertiary/aromatic N) is 2. The van der Waals surface area contributed by atoms with Gasteiger partial charge in [-0.1, -0.05) is 6.92 Å². The molecule has 0 saturated carbocycles. The second kappa shape index (κ2) is 4.39. The van der Waals surface area contributed by atoms with Crippen LogP contribution < -0.4 is 5.73 Å². The van der Waals surface area contributed by atoms with Crippen LogP contribution in [0.15, 0.2) is 12.1 Å². The van der Waals surface area contributed by atoms with E-state index in [0.29, 0.717) is 6.61 Å². The smallest absolute Gasteiger partial charge is 0.358 e. The van der Waals surface area contributed by atoms with Gasteiger partial charge < -0.3 is 10.5 Å². The van der Waals surface area contributed by atoms with Crippen molar-refractivity contribution in [1.82, 2.24) is 10.2 Å². The zero-order valence-electron chi connectivity index (χ0n) is 7.36. The van der Waals surface area contributed by atoms with Crippen LogP contribution in [-0.4, -0.2) is 22.8 Å². The van der Waals surface area contributed by atoms with Gasteiger partial charge in [0.2, 0.25) is 0 Å². The quantitative estimate of drug-likeness (QED) is 0.692. The maximum absolute atomic E-state index is 11.1. The van der Waals surface area contributed by atoms with Gasteiger partial charge in [0.1, 0.15) is 5.82 Å². The number of esters is 1. The number of aromatic nitrogens is 2. The Morgan fingerprint density at radius 3 is 2.85 bits per heavy atom. The molecule has 1 aromatic heterocycles. The molecule has 13 heavy (non-hydrogen) atoms. The first-order chi connectivity index (χ1) is 6.24. The molecule has 0 aliphatic heterocycles. The molecule has 0 aliphatic rings. The van der Waals surface area contributed by atoms with Crippen LogP contribution in [0, 0.1) is 0 Å². The van der Waals surface area contributed by atoms with Crippen molar-refractivity contribution in [3.05, 3.63) is 17.8 Å². The van der Waals surface area contributed by atoms with Gasteiger partial charge in [0.15, 0.2) is 5.69 Å². The molecule has 5 nitrogen and oxygen atoms in total. The van der Waals surface area contributed by atoms with E-state index < -0.39 is 5.97 Å². The third-order valence-electron chi connectivity index (χ3n) is 1.33. The fourth-order valence-electron chi connectivity index (χ4n) is 0.720. The molecular formula is C8H11N3O2. The zero-order valence-corrected chi connectivity index (χ0v) is 7.36. The minimum atomic E-state index is -0.464. The van der Waals surface area contributed by atoms with Crippen LogP contribution in [0.4, 0.5) is 5.82 Å². The largest absolute Gasteiger partial charge is 0.461 e. The Morgan fingerprint density at radius 1 is 1.54 bits per heavy atom. The van der Waals surface area contributed by atoms with Gasteiger partial charge in [0, 0.05) is 0 Å². The summed E-state index contributed by atoms with van der Waals surface area (Å²) in [5.74, 6) is -0.179. The van der Waals surface area contributed by atoms with E-state index in [-0.39, 0.29) is 11.5 Å². The molecule has 0 radical (unpaired) electrons. The fraction of sp³-hybridized carbons (Fsp3) is 0.375. The van der Waals surface area contributed by atoms with Crippen molar-refractivity contribution in [2.75, 3.05) is 12.3 Å². The van der Waals surface area contributed by atoms with Gasteiger partial charge >= 0.3 is 5.97 Å². The Kier molecular flexibility index (Phi) is 3.19. The molecule has 0 fully saturated rings. The maximum atomic E-state index is 11.1. The first-order valence-electron chi connectivity index (χ1n) is 4.00. The molecule has 1 rings (SSSR count). The van der Waals surface area contributed by atoms with E-state index in [1.54, 1.807) is 0 Å². The van der Waals surface area contributed by atoms with E-state index in [1.165, 1.54) is 12.1 Å². The Labute approximate surface area is 75.9 Å². The van der Waals surface area contributed by atoms with Gasteiger partial charge in [-0.05, 0) is 18.6 Å². The minimum absolute atomic E-state index is 0.183. The third kappa shape index (κ3) is 2.70. The molecule has 0 bridgehead atoms. The van der Waals surface area contributed by atoms with Crippen LogP contribution in [0.25, 0.3) is 0 Å². The van der Waals surface area contributed by atoms with Gasteiger partial charge in [0.25, 0.3) is 0 Å². The van der Waals surface area contributed by atoms with Crippen molar-refractivity contribution in [3.63, 3.8) is 0 Å². The highest BCUT2D eigenvalue weighted by Gasteiger charge is 2.07. The van der Waals surface area contributed by atoms with Gasteiger partial charge in [-0.15, -0.1) is 10.2 Å². The normalized spacial score (nSPS) is 9.62. The molecular weight excluding hydrogens is 170 g/mol. The zero-order chi connectivity index (χ0) is 9.68. The van der Waals surface area contributed by atoms with E-state index in [4.69, 9.17) is 10.5 Å². The lowest BCUT2D eigenvalue weighted by molar-refractivity contribution is 0.0497. The van der Waals surface area contributed by atoms with E-state index in [2.05, 4.69) is 10.2 Å². The van der Waals surface area contributed by atoms with Crippen molar-refractivity contribution < 1.29 is 9.53 Å². The van der Waals surface area contributed by atoms with Crippen LogP contribution in [0.5, 0.6) is 0 Å². The van der Waals surface area contributed by atoms with Crippen LogP contribution in [0.1, 0.15) is 23.8 Å². The lowest BCUT2D eigenvalue weighted by Crippen LogP contribution is -2.09. The molecule has 0 spiro atoms. The number of nitrogen functional groups attached to an aromatic ring is 1. The molecule has 0 aliphatic carbocycles. The topological polar surface area (TPSA) is 78.1 Å². The fourth-order valence-corrected chi connectivity index (χ4v) is 0.720. The summed E-state index contributed by atoms with van der Waals surface area (Å²) in [7, 11) is 0. The molecule has 0 amide bonds. The predicted octanol–water partition coefficient (Wildman–Crippen LogP) is 0.626. The van der Waals surface area contributed by atoms with Crippen molar-refractivity contribution >= 4 is 11.8 Å². The first-order valence-corrected chi connectivity index (χ1v) is 4.00. The average molecular weight is 181 g/mol. The highest BCUT2D eigenvalue weighted by molar-refractivity contribution is 5.87. The number of ether oxygens (including phenoxy) is 1. The van der Waals surface area contributed by atoms with Crippen molar-refractivity contribution in [2.45, 2.75) is 13.3 Å². The predicted molar refractivity (Wildman–Crippen MR) is 47.0 cm³/mol. The number of carbonyl (C=O) groups excluding carboxylic acids is 1. The molecule has 0 atom stereocenters. The summed E-state index contributed by atoms with van der Waals surface area (Å²) >= 11 is 0. The van der Waals surface area contributed by atoms with Crippen LogP contribution in [0.2, 0.25) is 0 Å². The maximum Gasteiger partial charge on any atom is 0.358 e. The standard InChI is InChI=1S/C8H11N3O2/c1-2-5-13-8(12)6-3-4-7(9)11-10-6/h3-4H,2,5H2,1H3,(H2,9,11). The van der Waals surface area contributed by atoms with Gasteiger partial charge in [0.05, 0.1) is 6.61 Å². The van der Waals surface area contributed by atoms with Gasteiger partial charge in [-0.25, -0.2) is 4.79 Å². The number of nitrogens with two attached hydrogens (primary N) is 1. The molecule has 70 valence electrons. The number of rotatable bonds is 3. The van der Waals surface area contributed by atoms with Crippen molar-refractivity contribution in [2.24, 2.45) is 0 Å². The molecule has 0 aromatic carbocycles. The monoisotopic (exact) mass is 181 g/mol. The summed E-state index contributed by atoms with van der Waals surface area (Å²) in [6.45, 7) is 2.31. The number of hydrogen-bond acceptors (Lipinski definition) is 5. The average Bonchev–Trinajstić information content (AvgIpc) is 2.15. The molecule has 5 heteroatoms. The van der Waals surface area contributed by atoms with Gasteiger partial charge in [-0.2, -0.15) is 0 Å². The lowest BCUT2D eigenvalue weighted by Gasteiger charge is -2.00. The Hall–Kier alpha value is -1.65. The molecule has 2 N–H and O–H groups in total. The van der Waals surface area contributed by atoms with E-state index in [9.17, 15) is 4.79 Å². The highest BCUT2D eigenvalue weighted by Crippen LogP contribution is 1.99. The second-order valence-electron chi connectivity index (χ2n) is 2.48. The van der Waals surface area contributed by atoms with Crippen LogP contribution >= 0.6 is 0 Å². The summed E-state index contributed by atoms with van der Waals surface area (Å²) < 4.78 is 4.83. The molecule has 0 unspecified atom stereocenters. The highest BCUT2D eigenvalue weighted by atomic mass is 16.5. The van der Waals surface area contributed by atoms with Gasteiger partial charge in [-0.3, -0.25) is 0 Å². The molecule has 1 heterocycles. The SMILES string of the molecule is CCCOC(=O)c1ccc(N)nn1. The summed E-state index contributed by atoms with van der Waals surface area (Å²) in [6, 6.07) is 3.00. The van der Waals surface area contributed by atoms with E-state index >= 15 is 0 Å². The summed E-state index contributed by atoms with van der Waals surface area (Å²) in [6.07, 6.45) is 0.786. The summed E-state index contributed by atoms with van der Waals surface area (Å²) in [5.41, 5.74) is 5.48. The lowest BCUT2D eigenvalue weighted by atomic mass is 10.4. The Bertz CT molecular complexity index is 284. The van der Waals surface area contributed by atoms with E-state index in [0.717, 1.165) is 6.42 Å². The summed E-state index contributed by atoms with van der Waals surface area (Å²) in [5, 5.41) is 7.12. The molecule has 1 aromatic rings. The van der Waals surface area contributed by atoms with Crippen molar-refractivity contribution in [3.8, 4) is 0 Å².